The maximum Gasteiger partial charge on any atom is 0.255 e. The Labute approximate surface area is 94.9 Å². The fourth-order valence-corrected chi connectivity index (χ4v) is 1.84. The van der Waals surface area contributed by atoms with Crippen molar-refractivity contribution in [3.8, 4) is 0 Å². The summed E-state index contributed by atoms with van der Waals surface area (Å²) in [7, 11) is 0. The van der Waals surface area contributed by atoms with E-state index in [0.717, 1.165) is 36.7 Å². The van der Waals surface area contributed by atoms with Crippen molar-refractivity contribution in [3.63, 3.8) is 0 Å². The van der Waals surface area contributed by atoms with Crippen LogP contribution < -0.4 is 5.32 Å². The lowest BCUT2D eigenvalue weighted by Gasteiger charge is -2.04. The minimum Gasteiger partial charge on any atom is -0.317 e. The molecule has 0 unspecified atom stereocenters. The molecule has 86 valence electrons. The van der Waals surface area contributed by atoms with E-state index >= 15 is 0 Å². The number of aromatic nitrogens is 4. The molecule has 2 rings (SSSR count). The first kappa shape index (κ1) is 11.0. The van der Waals surface area contributed by atoms with Crippen LogP contribution >= 0.6 is 0 Å². The summed E-state index contributed by atoms with van der Waals surface area (Å²) in [5.41, 5.74) is 2.12. The number of nitrogens with zero attached hydrogens (tertiary/aromatic N) is 4. The smallest absolute Gasteiger partial charge is 0.255 e. The zero-order valence-electron chi connectivity index (χ0n) is 9.99. The lowest BCUT2D eigenvalue weighted by atomic mass is 10.3. The highest BCUT2D eigenvalue weighted by Gasteiger charge is 2.08. The predicted molar refractivity (Wildman–Crippen MR) is 62.5 cm³/mol. The fraction of sp³-hybridized carbons (Fsp3) is 0.545. The molecule has 0 bridgehead atoms. The van der Waals surface area contributed by atoms with Crippen LogP contribution in [0.15, 0.2) is 6.07 Å². The zero-order valence-corrected chi connectivity index (χ0v) is 9.99. The van der Waals surface area contributed by atoms with Gasteiger partial charge in [-0.15, -0.1) is 10.2 Å². The summed E-state index contributed by atoms with van der Waals surface area (Å²) in [6.07, 6.45) is 0.876. The summed E-state index contributed by atoms with van der Waals surface area (Å²) < 4.78 is 2.02. The van der Waals surface area contributed by atoms with Gasteiger partial charge in [-0.25, -0.2) is 4.98 Å². The van der Waals surface area contributed by atoms with Crippen molar-refractivity contribution in [2.45, 2.75) is 27.2 Å². The Morgan fingerprint density at radius 1 is 1.31 bits per heavy atom. The van der Waals surface area contributed by atoms with E-state index in [1.165, 1.54) is 0 Å². The van der Waals surface area contributed by atoms with Crippen LogP contribution in [0.25, 0.3) is 5.78 Å². The second-order valence-corrected chi connectivity index (χ2v) is 3.89. The molecule has 5 nitrogen and oxygen atoms in total. The summed E-state index contributed by atoms with van der Waals surface area (Å²) in [6, 6.07) is 2.05. The standard InChI is InChI=1S/C11H17N5/c1-4-12-6-5-10-14-15-11-13-8(2)7-9(3)16(10)11/h7,12H,4-6H2,1-3H3. The largest absolute Gasteiger partial charge is 0.317 e. The molecule has 0 aromatic carbocycles. The number of nitrogens with one attached hydrogen (secondary N) is 1. The Kier molecular flexibility index (Phi) is 3.14. The van der Waals surface area contributed by atoms with Crippen LogP contribution in [0, 0.1) is 13.8 Å². The van der Waals surface area contributed by atoms with Crippen molar-refractivity contribution in [3.05, 3.63) is 23.3 Å². The summed E-state index contributed by atoms with van der Waals surface area (Å²) in [6.45, 7) is 8.03. The second-order valence-electron chi connectivity index (χ2n) is 3.89. The molecule has 0 saturated carbocycles. The third-order valence-corrected chi connectivity index (χ3v) is 2.54. The van der Waals surface area contributed by atoms with Gasteiger partial charge in [-0.05, 0) is 26.5 Å². The van der Waals surface area contributed by atoms with Crippen LogP contribution in [-0.4, -0.2) is 32.7 Å². The van der Waals surface area contributed by atoms with E-state index in [2.05, 4.69) is 34.3 Å². The number of hydrogen-bond acceptors (Lipinski definition) is 4. The average molecular weight is 219 g/mol. The Morgan fingerprint density at radius 2 is 2.12 bits per heavy atom. The van der Waals surface area contributed by atoms with Gasteiger partial charge in [0.15, 0.2) is 0 Å². The van der Waals surface area contributed by atoms with Gasteiger partial charge in [0.05, 0.1) is 0 Å². The van der Waals surface area contributed by atoms with Gasteiger partial charge in [0, 0.05) is 24.4 Å². The first-order valence-electron chi connectivity index (χ1n) is 5.61. The van der Waals surface area contributed by atoms with E-state index in [1.54, 1.807) is 0 Å². The summed E-state index contributed by atoms with van der Waals surface area (Å²) in [5, 5.41) is 11.6. The summed E-state index contributed by atoms with van der Waals surface area (Å²) >= 11 is 0. The highest BCUT2D eigenvalue weighted by Crippen LogP contribution is 2.07. The number of aryl methyl sites for hydroxylation is 2. The quantitative estimate of drug-likeness (QED) is 0.776. The van der Waals surface area contributed by atoms with Crippen LogP contribution in [0.2, 0.25) is 0 Å². The molecule has 0 aliphatic carbocycles. The molecule has 1 N–H and O–H groups in total. The van der Waals surface area contributed by atoms with Crippen LogP contribution in [0.3, 0.4) is 0 Å². The normalized spacial score (nSPS) is 11.2. The van der Waals surface area contributed by atoms with Gasteiger partial charge in [-0.2, -0.15) is 0 Å². The topological polar surface area (TPSA) is 55.1 Å². The highest BCUT2D eigenvalue weighted by molar-refractivity contribution is 5.32. The minimum atomic E-state index is 0.698. The lowest BCUT2D eigenvalue weighted by Crippen LogP contribution is -2.17. The maximum absolute atomic E-state index is 4.35. The number of hydrogen-bond donors (Lipinski definition) is 1. The third kappa shape index (κ3) is 2.04. The molecule has 2 heterocycles. The molecule has 0 atom stereocenters. The molecule has 16 heavy (non-hydrogen) atoms. The molecule has 2 aromatic rings. The van der Waals surface area contributed by atoms with Gasteiger partial charge < -0.3 is 5.32 Å². The van der Waals surface area contributed by atoms with Crippen LogP contribution in [0.5, 0.6) is 0 Å². The second kappa shape index (κ2) is 4.57. The van der Waals surface area contributed by atoms with E-state index in [4.69, 9.17) is 0 Å². The average Bonchev–Trinajstić information content (AvgIpc) is 2.62. The predicted octanol–water partition coefficient (Wildman–Crippen LogP) is 0.893. The Morgan fingerprint density at radius 3 is 2.88 bits per heavy atom. The minimum absolute atomic E-state index is 0.698. The van der Waals surface area contributed by atoms with E-state index in [0.29, 0.717) is 5.78 Å². The monoisotopic (exact) mass is 219 g/mol. The molecule has 0 aliphatic heterocycles. The molecule has 2 aromatic heterocycles. The van der Waals surface area contributed by atoms with Gasteiger partial charge in [-0.3, -0.25) is 4.40 Å². The van der Waals surface area contributed by atoms with E-state index in [9.17, 15) is 0 Å². The van der Waals surface area contributed by atoms with Crippen LogP contribution in [0.1, 0.15) is 24.1 Å². The van der Waals surface area contributed by atoms with Gasteiger partial charge >= 0.3 is 0 Å². The van der Waals surface area contributed by atoms with Crippen molar-refractivity contribution >= 4 is 5.78 Å². The molecule has 5 heteroatoms. The van der Waals surface area contributed by atoms with Crippen molar-refractivity contribution in [1.82, 2.24) is 24.9 Å². The van der Waals surface area contributed by atoms with Gasteiger partial charge in [0.25, 0.3) is 5.78 Å². The Hall–Kier alpha value is -1.49. The van der Waals surface area contributed by atoms with E-state index in [-0.39, 0.29) is 0 Å². The molecule has 0 fully saturated rings. The number of rotatable bonds is 4. The Bertz CT molecular complexity index is 488. The fourth-order valence-electron chi connectivity index (χ4n) is 1.84. The first-order chi connectivity index (χ1) is 7.72. The summed E-state index contributed by atoms with van der Waals surface area (Å²) in [5.74, 6) is 1.67. The molecule has 0 aliphatic rings. The van der Waals surface area contributed by atoms with Crippen molar-refractivity contribution < 1.29 is 0 Å². The first-order valence-corrected chi connectivity index (χ1v) is 5.61. The van der Waals surface area contributed by atoms with Crippen molar-refractivity contribution in [2.75, 3.05) is 13.1 Å². The maximum atomic E-state index is 4.35. The zero-order chi connectivity index (χ0) is 11.5. The third-order valence-electron chi connectivity index (χ3n) is 2.54. The number of fused-ring (bicyclic) bond motifs is 1. The number of likely N-dealkylation sites (N-methyl/N-ethyl adjacent to an activating group) is 1. The van der Waals surface area contributed by atoms with Crippen molar-refractivity contribution in [1.29, 1.82) is 0 Å². The molecular weight excluding hydrogens is 202 g/mol. The molecule has 0 radical (unpaired) electrons. The van der Waals surface area contributed by atoms with Crippen molar-refractivity contribution in [2.24, 2.45) is 0 Å². The molecular formula is C11H17N5. The van der Waals surface area contributed by atoms with Gasteiger partial charge in [0.1, 0.15) is 5.82 Å². The van der Waals surface area contributed by atoms with Crippen LogP contribution in [-0.2, 0) is 6.42 Å². The van der Waals surface area contributed by atoms with Crippen LogP contribution in [0.4, 0.5) is 0 Å². The molecule has 0 spiro atoms. The SMILES string of the molecule is CCNCCc1nnc2nc(C)cc(C)n12. The van der Waals surface area contributed by atoms with Gasteiger partial charge in [-0.1, -0.05) is 6.92 Å². The molecule has 0 amide bonds. The highest BCUT2D eigenvalue weighted by atomic mass is 15.3. The van der Waals surface area contributed by atoms with E-state index < -0.39 is 0 Å². The molecule has 0 saturated heterocycles. The Balaban J connectivity index is 2.33. The summed E-state index contributed by atoms with van der Waals surface area (Å²) in [4.78, 5) is 4.35. The van der Waals surface area contributed by atoms with Gasteiger partial charge in [0.2, 0.25) is 0 Å². The lowest BCUT2D eigenvalue weighted by molar-refractivity contribution is 0.689. The van der Waals surface area contributed by atoms with E-state index in [1.807, 2.05) is 17.4 Å².